The zero-order valence-electron chi connectivity index (χ0n) is 20.7. The number of sulfone groups is 1. The van der Waals surface area contributed by atoms with Crippen molar-refractivity contribution in [2.24, 2.45) is 5.92 Å². The molecule has 7 nitrogen and oxygen atoms in total. The van der Waals surface area contributed by atoms with Gasteiger partial charge >= 0.3 is 0 Å². The Hall–Kier alpha value is -2.19. The van der Waals surface area contributed by atoms with Gasteiger partial charge < -0.3 is 14.2 Å². The van der Waals surface area contributed by atoms with Crippen LogP contribution in [0.4, 0.5) is 0 Å². The zero-order chi connectivity index (χ0) is 24.4. The number of carbonyl (C=O) groups excluding carboxylic acids is 1. The minimum absolute atomic E-state index is 0.0632. The molecule has 3 fully saturated rings. The van der Waals surface area contributed by atoms with Gasteiger partial charge in [-0.25, -0.2) is 13.4 Å². The summed E-state index contributed by atoms with van der Waals surface area (Å²) in [6.45, 7) is 3.67. The molecule has 1 aliphatic heterocycles. The summed E-state index contributed by atoms with van der Waals surface area (Å²) in [5.74, 6) is 0.200. The Morgan fingerprint density at radius 1 is 1.11 bits per heavy atom. The first kappa shape index (κ1) is 24.5. The molecule has 1 atom stereocenters. The lowest BCUT2D eigenvalue weighted by atomic mass is 9.95. The molecule has 2 aliphatic carbocycles. The van der Waals surface area contributed by atoms with E-state index in [4.69, 9.17) is 4.74 Å². The summed E-state index contributed by atoms with van der Waals surface area (Å²) in [5, 5.41) is 0.150. The first-order chi connectivity index (χ1) is 16.9. The van der Waals surface area contributed by atoms with Gasteiger partial charge in [-0.3, -0.25) is 4.79 Å². The highest BCUT2D eigenvalue weighted by molar-refractivity contribution is 7.90. The average molecular weight is 500 g/mol. The van der Waals surface area contributed by atoms with Gasteiger partial charge in [-0.1, -0.05) is 49.1 Å². The standard InChI is InChI=1S/C27H37N3O4S/c1-20-7-5-8-21(15-20)19-35(32,33)27-28-16-24(30(27)23-9-3-2-4-10-23)17-29(26(31)22-12-13-22)18-25-11-6-14-34-25/h5,7-8,15-16,22-23,25H,2-4,6,9-14,17-19H2,1H3/t25-/m0/s1. The van der Waals surface area contributed by atoms with Gasteiger partial charge in [-0.15, -0.1) is 0 Å². The first-order valence-corrected chi connectivity index (χ1v) is 14.8. The second-order valence-electron chi connectivity index (χ2n) is 10.6. The maximum Gasteiger partial charge on any atom is 0.228 e. The highest BCUT2D eigenvalue weighted by Crippen LogP contribution is 2.35. The van der Waals surface area contributed by atoms with Gasteiger partial charge in [0.15, 0.2) is 0 Å². The van der Waals surface area contributed by atoms with Crippen molar-refractivity contribution in [3.05, 3.63) is 47.3 Å². The van der Waals surface area contributed by atoms with E-state index in [9.17, 15) is 13.2 Å². The van der Waals surface area contributed by atoms with Crippen molar-refractivity contribution in [3.63, 3.8) is 0 Å². The summed E-state index contributed by atoms with van der Waals surface area (Å²) in [5.41, 5.74) is 2.64. The molecule has 2 heterocycles. The molecule has 1 aromatic carbocycles. The summed E-state index contributed by atoms with van der Waals surface area (Å²) >= 11 is 0. The SMILES string of the molecule is Cc1cccc(CS(=O)(=O)c2ncc(CN(C[C@@H]3CCCO3)C(=O)C3CC3)n2C2CCCCC2)c1. The molecular formula is C27H37N3O4S. The van der Waals surface area contributed by atoms with Crippen LogP contribution in [-0.2, 0) is 31.7 Å². The minimum Gasteiger partial charge on any atom is -0.376 e. The predicted molar refractivity (Wildman–Crippen MR) is 134 cm³/mol. The molecule has 190 valence electrons. The Kier molecular flexibility index (Phi) is 7.30. The molecule has 0 radical (unpaired) electrons. The number of nitrogens with zero attached hydrogens (tertiary/aromatic N) is 3. The molecule has 2 saturated carbocycles. The summed E-state index contributed by atoms with van der Waals surface area (Å²) in [6.07, 6.45) is 10.9. The van der Waals surface area contributed by atoms with E-state index < -0.39 is 9.84 Å². The monoisotopic (exact) mass is 499 g/mol. The lowest BCUT2D eigenvalue weighted by Crippen LogP contribution is -2.38. The van der Waals surface area contributed by atoms with Crippen LogP contribution in [0.2, 0.25) is 0 Å². The number of benzene rings is 1. The van der Waals surface area contributed by atoms with Crippen LogP contribution < -0.4 is 0 Å². The maximum absolute atomic E-state index is 13.6. The number of hydrogen-bond donors (Lipinski definition) is 0. The van der Waals surface area contributed by atoms with Crippen LogP contribution in [-0.4, -0.2) is 48.0 Å². The van der Waals surface area contributed by atoms with E-state index in [1.54, 1.807) is 6.20 Å². The Labute approximate surface area is 208 Å². The highest BCUT2D eigenvalue weighted by atomic mass is 32.2. The van der Waals surface area contributed by atoms with Crippen LogP contribution in [0.15, 0.2) is 35.6 Å². The predicted octanol–water partition coefficient (Wildman–Crippen LogP) is 4.59. The number of rotatable bonds is 9. The number of aryl methyl sites for hydroxylation is 1. The van der Waals surface area contributed by atoms with Crippen molar-refractivity contribution >= 4 is 15.7 Å². The molecule has 0 unspecified atom stereocenters. The van der Waals surface area contributed by atoms with E-state index in [0.717, 1.165) is 74.8 Å². The molecule has 1 saturated heterocycles. The molecule has 35 heavy (non-hydrogen) atoms. The van der Waals surface area contributed by atoms with Gasteiger partial charge in [0.05, 0.1) is 30.3 Å². The van der Waals surface area contributed by atoms with E-state index >= 15 is 0 Å². The Bertz CT molecular complexity index is 1140. The van der Waals surface area contributed by atoms with Crippen molar-refractivity contribution in [2.45, 2.75) is 94.3 Å². The van der Waals surface area contributed by atoms with Gasteiger partial charge in [0.25, 0.3) is 0 Å². The van der Waals surface area contributed by atoms with E-state index in [2.05, 4.69) is 4.98 Å². The lowest BCUT2D eigenvalue weighted by molar-refractivity contribution is -0.134. The molecule has 1 amide bonds. The van der Waals surface area contributed by atoms with Gasteiger partial charge in [0.1, 0.15) is 0 Å². The number of hydrogen-bond acceptors (Lipinski definition) is 5. The third-order valence-corrected chi connectivity index (χ3v) is 9.11. The summed E-state index contributed by atoms with van der Waals surface area (Å²) in [7, 11) is -3.65. The largest absolute Gasteiger partial charge is 0.376 e. The van der Waals surface area contributed by atoms with E-state index in [-0.39, 0.29) is 34.9 Å². The second kappa shape index (κ2) is 10.4. The second-order valence-corrected chi connectivity index (χ2v) is 12.5. The fraction of sp³-hybridized carbons (Fsp3) is 0.630. The number of carbonyl (C=O) groups is 1. The summed E-state index contributed by atoms with van der Waals surface area (Å²) in [6, 6.07) is 7.74. The Morgan fingerprint density at radius 2 is 1.91 bits per heavy atom. The van der Waals surface area contributed by atoms with Crippen molar-refractivity contribution in [1.29, 1.82) is 0 Å². The lowest BCUT2D eigenvalue weighted by Gasteiger charge is -2.30. The van der Waals surface area contributed by atoms with Gasteiger partial charge in [0, 0.05) is 25.1 Å². The summed E-state index contributed by atoms with van der Waals surface area (Å²) in [4.78, 5) is 19.6. The van der Waals surface area contributed by atoms with Gasteiger partial charge in [0.2, 0.25) is 20.9 Å². The van der Waals surface area contributed by atoms with Crippen LogP contribution >= 0.6 is 0 Å². The molecule has 0 bridgehead atoms. The highest BCUT2D eigenvalue weighted by Gasteiger charge is 2.36. The Balaban J connectivity index is 1.46. The molecule has 8 heteroatoms. The fourth-order valence-corrected chi connectivity index (χ4v) is 7.12. The van der Waals surface area contributed by atoms with Crippen LogP contribution in [0.3, 0.4) is 0 Å². The number of imidazole rings is 1. The maximum atomic E-state index is 13.6. The van der Waals surface area contributed by atoms with Crippen molar-refractivity contribution in [3.8, 4) is 0 Å². The first-order valence-electron chi connectivity index (χ1n) is 13.2. The van der Waals surface area contributed by atoms with Crippen molar-refractivity contribution < 1.29 is 17.9 Å². The van der Waals surface area contributed by atoms with Crippen LogP contribution in [0, 0.1) is 12.8 Å². The number of amides is 1. The molecule has 5 rings (SSSR count). The molecule has 3 aliphatic rings. The topological polar surface area (TPSA) is 81.5 Å². The Morgan fingerprint density at radius 3 is 2.60 bits per heavy atom. The molecule has 0 spiro atoms. The normalized spacial score (nSPS) is 21.3. The zero-order valence-corrected chi connectivity index (χ0v) is 21.5. The average Bonchev–Trinajstić information content (AvgIpc) is 3.39. The van der Waals surface area contributed by atoms with Crippen LogP contribution in [0.5, 0.6) is 0 Å². The molecular weight excluding hydrogens is 462 g/mol. The van der Waals surface area contributed by atoms with E-state index in [1.807, 2.05) is 40.7 Å². The molecule has 1 aromatic heterocycles. The third-order valence-electron chi connectivity index (χ3n) is 7.54. The molecule has 2 aromatic rings. The number of aromatic nitrogens is 2. The molecule has 0 N–H and O–H groups in total. The number of ether oxygens (including phenoxy) is 1. The van der Waals surface area contributed by atoms with Gasteiger partial charge in [-0.2, -0.15) is 0 Å². The van der Waals surface area contributed by atoms with E-state index in [0.29, 0.717) is 13.1 Å². The van der Waals surface area contributed by atoms with Crippen molar-refractivity contribution in [2.75, 3.05) is 13.2 Å². The van der Waals surface area contributed by atoms with Crippen LogP contribution in [0.1, 0.15) is 80.7 Å². The smallest absolute Gasteiger partial charge is 0.228 e. The minimum atomic E-state index is -3.65. The quantitative estimate of drug-likeness (QED) is 0.504. The summed E-state index contributed by atoms with van der Waals surface area (Å²) < 4.78 is 35.1. The third kappa shape index (κ3) is 5.80. The van der Waals surface area contributed by atoms with Crippen LogP contribution in [0.25, 0.3) is 0 Å². The van der Waals surface area contributed by atoms with Crippen molar-refractivity contribution in [1.82, 2.24) is 14.5 Å². The van der Waals surface area contributed by atoms with E-state index in [1.165, 1.54) is 6.42 Å². The fourth-order valence-electron chi connectivity index (χ4n) is 5.59. The van der Waals surface area contributed by atoms with Gasteiger partial charge in [-0.05, 0) is 51.0 Å².